The van der Waals surface area contributed by atoms with E-state index in [9.17, 15) is 4.79 Å². The van der Waals surface area contributed by atoms with Crippen LogP contribution in [0.4, 0.5) is 0 Å². The summed E-state index contributed by atoms with van der Waals surface area (Å²) in [6, 6.07) is 3.81. The average Bonchev–Trinajstić information content (AvgIpc) is 2.38. The third-order valence-electron chi connectivity index (χ3n) is 2.74. The van der Waals surface area contributed by atoms with Gasteiger partial charge in [-0.25, -0.2) is 0 Å². The van der Waals surface area contributed by atoms with Crippen molar-refractivity contribution in [2.75, 3.05) is 25.1 Å². The van der Waals surface area contributed by atoms with Crippen molar-refractivity contribution in [3.63, 3.8) is 0 Å². The molecule has 0 aromatic carbocycles. The van der Waals surface area contributed by atoms with Gasteiger partial charge in [-0.05, 0) is 32.9 Å². The fraction of sp³-hybridized carbons (Fsp3) is 0.571. The highest BCUT2D eigenvalue weighted by atomic mass is 79.9. The molecule has 0 N–H and O–H groups in total. The van der Waals surface area contributed by atoms with Crippen LogP contribution in [0.25, 0.3) is 0 Å². The first-order valence-corrected chi connectivity index (χ1v) is 7.55. The Morgan fingerprint density at radius 2 is 2.16 bits per heavy atom. The van der Waals surface area contributed by atoms with E-state index in [-0.39, 0.29) is 11.9 Å². The molecule has 0 radical (unpaired) electrons. The van der Waals surface area contributed by atoms with Gasteiger partial charge in [0.2, 0.25) is 0 Å². The van der Waals surface area contributed by atoms with Gasteiger partial charge in [-0.3, -0.25) is 9.78 Å². The number of carbonyl (C=O) groups excluding carboxylic acids is 1. The second-order valence-corrected chi connectivity index (χ2v) is 5.37. The number of rotatable bonds is 7. The van der Waals surface area contributed by atoms with E-state index in [0.29, 0.717) is 25.3 Å². The third-order valence-corrected chi connectivity index (χ3v) is 3.06. The number of nitrogens with zero attached hydrogens (tertiary/aromatic N) is 2. The molecule has 1 aromatic heterocycles. The van der Waals surface area contributed by atoms with Gasteiger partial charge in [-0.15, -0.1) is 0 Å². The summed E-state index contributed by atoms with van der Waals surface area (Å²) in [6.45, 7) is 7.72. The summed E-state index contributed by atoms with van der Waals surface area (Å²) in [7, 11) is 0. The van der Waals surface area contributed by atoms with Crippen LogP contribution in [0.5, 0.6) is 0 Å². The van der Waals surface area contributed by atoms with Gasteiger partial charge in [0.25, 0.3) is 5.91 Å². The molecule has 0 aliphatic heterocycles. The minimum atomic E-state index is 0.00458. The second-order valence-electron chi connectivity index (χ2n) is 4.58. The molecule has 0 saturated heterocycles. The topological polar surface area (TPSA) is 42.4 Å². The van der Waals surface area contributed by atoms with Crippen molar-refractivity contribution in [1.82, 2.24) is 9.88 Å². The van der Waals surface area contributed by atoms with Crippen molar-refractivity contribution in [2.45, 2.75) is 26.8 Å². The van der Waals surface area contributed by atoms with Crippen LogP contribution >= 0.6 is 15.9 Å². The molecule has 0 bridgehead atoms. The summed E-state index contributed by atoms with van der Waals surface area (Å²) < 4.78 is 5.41. The van der Waals surface area contributed by atoms with Crippen molar-refractivity contribution in [1.29, 1.82) is 0 Å². The van der Waals surface area contributed by atoms with E-state index in [4.69, 9.17) is 4.74 Å². The summed E-state index contributed by atoms with van der Waals surface area (Å²) in [5.41, 5.74) is 1.54. The molecule has 1 rings (SSSR count). The number of pyridine rings is 1. The Bertz CT molecular complexity index is 393. The quantitative estimate of drug-likeness (QED) is 0.570. The van der Waals surface area contributed by atoms with Crippen LogP contribution in [0.2, 0.25) is 0 Å². The smallest absolute Gasteiger partial charge is 0.255 e. The Balaban J connectivity index is 2.64. The monoisotopic (exact) mass is 328 g/mol. The summed E-state index contributed by atoms with van der Waals surface area (Å²) in [5, 5.41) is 0.810. The number of hydrogen-bond acceptors (Lipinski definition) is 3. The predicted octanol–water partition coefficient (Wildman–Crippen LogP) is 2.65. The first-order chi connectivity index (χ1) is 9.06. The zero-order valence-electron chi connectivity index (χ0n) is 11.7. The Labute approximate surface area is 123 Å². The summed E-state index contributed by atoms with van der Waals surface area (Å²) in [6.07, 6.45) is 1.63. The van der Waals surface area contributed by atoms with Gasteiger partial charge in [-0.2, -0.15) is 0 Å². The Morgan fingerprint density at radius 1 is 1.42 bits per heavy atom. The average molecular weight is 329 g/mol. The zero-order valence-corrected chi connectivity index (χ0v) is 13.3. The first kappa shape index (κ1) is 16.1. The van der Waals surface area contributed by atoms with Crippen LogP contribution in [0.3, 0.4) is 0 Å². The van der Waals surface area contributed by atoms with Crippen molar-refractivity contribution in [2.24, 2.45) is 0 Å². The molecule has 1 amide bonds. The van der Waals surface area contributed by atoms with Gasteiger partial charge in [0, 0.05) is 29.8 Å². The minimum Gasteiger partial charge on any atom is -0.379 e. The molecule has 0 unspecified atom stereocenters. The molecule has 0 aliphatic carbocycles. The van der Waals surface area contributed by atoms with E-state index in [1.54, 1.807) is 11.1 Å². The lowest BCUT2D eigenvalue weighted by atomic mass is 10.2. The van der Waals surface area contributed by atoms with Gasteiger partial charge in [0.15, 0.2) is 0 Å². The van der Waals surface area contributed by atoms with Crippen LogP contribution in [0, 0.1) is 6.92 Å². The molecule has 0 aliphatic rings. The largest absolute Gasteiger partial charge is 0.379 e. The number of halogens is 1. The number of aryl methyl sites for hydroxylation is 1. The molecule has 0 spiro atoms. The number of hydrogen-bond donors (Lipinski definition) is 0. The summed E-state index contributed by atoms with van der Waals surface area (Å²) >= 11 is 3.30. The highest BCUT2D eigenvalue weighted by Crippen LogP contribution is 2.08. The molecule has 19 heavy (non-hydrogen) atoms. The molecule has 106 valence electrons. The van der Waals surface area contributed by atoms with Crippen molar-refractivity contribution >= 4 is 21.8 Å². The molecular formula is C14H21BrN2O2. The van der Waals surface area contributed by atoms with E-state index in [2.05, 4.69) is 20.9 Å². The molecule has 1 heterocycles. The van der Waals surface area contributed by atoms with Crippen LogP contribution < -0.4 is 0 Å². The highest BCUT2D eigenvalue weighted by Gasteiger charge is 2.18. The van der Waals surface area contributed by atoms with Gasteiger partial charge in [0.05, 0.1) is 18.8 Å². The van der Waals surface area contributed by atoms with E-state index in [1.807, 2.05) is 32.9 Å². The van der Waals surface area contributed by atoms with Gasteiger partial charge >= 0.3 is 0 Å². The molecule has 0 atom stereocenters. The lowest BCUT2D eigenvalue weighted by Crippen LogP contribution is -2.39. The fourth-order valence-corrected chi connectivity index (χ4v) is 1.90. The lowest BCUT2D eigenvalue weighted by Gasteiger charge is -2.26. The second kappa shape index (κ2) is 8.27. The molecule has 4 nitrogen and oxygen atoms in total. The molecule has 1 aromatic rings. The van der Waals surface area contributed by atoms with Crippen molar-refractivity contribution in [3.05, 3.63) is 29.6 Å². The number of carbonyl (C=O) groups is 1. The SMILES string of the molecule is Cc1ccc(C(=O)N(CCOCCBr)C(C)C)cn1. The van der Waals surface area contributed by atoms with Crippen LogP contribution in [-0.4, -0.2) is 46.9 Å². The Morgan fingerprint density at radius 3 is 2.68 bits per heavy atom. The molecule has 0 saturated carbocycles. The zero-order chi connectivity index (χ0) is 14.3. The maximum atomic E-state index is 12.4. The minimum absolute atomic E-state index is 0.00458. The van der Waals surface area contributed by atoms with Crippen LogP contribution in [-0.2, 0) is 4.74 Å². The van der Waals surface area contributed by atoms with E-state index in [1.165, 1.54) is 0 Å². The predicted molar refractivity (Wildman–Crippen MR) is 79.8 cm³/mol. The summed E-state index contributed by atoms with van der Waals surface area (Å²) in [5.74, 6) is 0.00458. The van der Waals surface area contributed by atoms with Crippen LogP contribution in [0.15, 0.2) is 18.3 Å². The Hall–Kier alpha value is -0.940. The molecule has 0 fully saturated rings. The van der Waals surface area contributed by atoms with Gasteiger partial charge < -0.3 is 9.64 Å². The fourth-order valence-electron chi connectivity index (χ4n) is 1.67. The van der Waals surface area contributed by atoms with E-state index < -0.39 is 0 Å². The molecular weight excluding hydrogens is 308 g/mol. The standard InChI is InChI=1S/C14H21BrN2O2/c1-11(2)17(7-9-19-8-6-15)14(18)13-5-4-12(3)16-10-13/h4-5,10-11H,6-9H2,1-3H3. The first-order valence-electron chi connectivity index (χ1n) is 6.43. The van der Waals surface area contributed by atoms with Crippen molar-refractivity contribution < 1.29 is 9.53 Å². The van der Waals surface area contributed by atoms with Crippen LogP contribution in [0.1, 0.15) is 29.9 Å². The number of amides is 1. The summed E-state index contributed by atoms with van der Waals surface area (Å²) in [4.78, 5) is 18.4. The maximum Gasteiger partial charge on any atom is 0.255 e. The third kappa shape index (κ3) is 5.28. The number of aromatic nitrogens is 1. The number of ether oxygens (including phenoxy) is 1. The normalized spacial score (nSPS) is 10.8. The molecule has 5 heteroatoms. The van der Waals surface area contributed by atoms with Crippen molar-refractivity contribution in [3.8, 4) is 0 Å². The highest BCUT2D eigenvalue weighted by molar-refractivity contribution is 9.09. The maximum absolute atomic E-state index is 12.4. The van der Waals surface area contributed by atoms with E-state index in [0.717, 1.165) is 11.0 Å². The number of alkyl halides is 1. The van der Waals surface area contributed by atoms with Gasteiger partial charge in [-0.1, -0.05) is 15.9 Å². The Kier molecular flexibility index (Phi) is 7.02. The lowest BCUT2D eigenvalue weighted by molar-refractivity contribution is 0.0596. The van der Waals surface area contributed by atoms with E-state index >= 15 is 0 Å². The van der Waals surface area contributed by atoms with Gasteiger partial charge in [0.1, 0.15) is 0 Å².